The molecular formula is C18H30BrNO. The monoisotopic (exact) mass is 355 g/mol. The van der Waals surface area contributed by atoms with E-state index in [9.17, 15) is 0 Å². The SMILES string of the molecule is CC(C)(C)NCC(CCOC(C)(C)C)c1ccc(Br)cc1. The first kappa shape index (κ1) is 18.7. The Morgan fingerprint density at radius 1 is 1.05 bits per heavy atom. The van der Waals surface area contributed by atoms with E-state index >= 15 is 0 Å². The van der Waals surface area contributed by atoms with Crippen molar-refractivity contribution in [2.45, 2.75) is 65.0 Å². The molecule has 0 aliphatic heterocycles. The van der Waals surface area contributed by atoms with Gasteiger partial charge in [0.05, 0.1) is 5.60 Å². The van der Waals surface area contributed by atoms with Gasteiger partial charge in [-0.05, 0) is 71.6 Å². The molecule has 2 nitrogen and oxygen atoms in total. The second-order valence-electron chi connectivity index (χ2n) is 7.63. The van der Waals surface area contributed by atoms with Gasteiger partial charge in [-0.1, -0.05) is 28.1 Å². The molecule has 1 atom stereocenters. The molecule has 0 bridgehead atoms. The van der Waals surface area contributed by atoms with Crippen LogP contribution in [0, 0.1) is 0 Å². The maximum atomic E-state index is 5.90. The zero-order valence-corrected chi connectivity index (χ0v) is 15.9. The number of ether oxygens (including phenoxy) is 1. The molecule has 0 aliphatic carbocycles. The molecule has 1 aromatic carbocycles. The van der Waals surface area contributed by atoms with Crippen LogP contribution in [0.5, 0.6) is 0 Å². The van der Waals surface area contributed by atoms with E-state index < -0.39 is 0 Å². The molecule has 0 saturated heterocycles. The molecule has 1 unspecified atom stereocenters. The summed E-state index contributed by atoms with van der Waals surface area (Å²) in [6.45, 7) is 14.7. The highest BCUT2D eigenvalue weighted by Crippen LogP contribution is 2.23. The summed E-state index contributed by atoms with van der Waals surface area (Å²) in [4.78, 5) is 0. The molecule has 120 valence electrons. The molecule has 1 aromatic rings. The van der Waals surface area contributed by atoms with Gasteiger partial charge in [0.1, 0.15) is 0 Å². The summed E-state index contributed by atoms with van der Waals surface area (Å²) >= 11 is 3.50. The first-order chi connectivity index (χ1) is 9.57. The third-order valence-electron chi connectivity index (χ3n) is 3.22. The lowest BCUT2D eigenvalue weighted by molar-refractivity contribution is -0.00639. The highest BCUT2D eigenvalue weighted by Gasteiger charge is 2.17. The van der Waals surface area contributed by atoms with E-state index in [1.54, 1.807) is 0 Å². The first-order valence-electron chi connectivity index (χ1n) is 7.71. The normalized spacial score (nSPS) is 14.2. The molecule has 0 saturated carbocycles. The number of hydrogen-bond acceptors (Lipinski definition) is 2. The molecule has 0 spiro atoms. The number of nitrogens with one attached hydrogen (secondary N) is 1. The van der Waals surface area contributed by atoms with E-state index in [-0.39, 0.29) is 11.1 Å². The molecule has 0 amide bonds. The molecule has 0 heterocycles. The first-order valence-corrected chi connectivity index (χ1v) is 8.50. The van der Waals surface area contributed by atoms with Gasteiger partial charge >= 0.3 is 0 Å². The van der Waals surface area contributed by atoms with Crippen molar-refractivity contribution in [2.75, 3.05) is 13.2 Å². The maximum Gasteiger partial charge on any atom is 0.0598 e. The van der Waals surface area contributed by atoms with Gasteiger partial charge in [0.2, 0.25) is 0 Å². The Labute approximate surface area is 138 Å². The fourth-order valence-corrected chi connectivity index (χ4v) is 2.32. The molecule has 3 heteroatoms. The fraction of sp³-hybridized carbons (Fsp3) is 0.667. The minimum absolute atomic E-state index is 0.0677. The highest BCUT2D eigenvalue weighted by molar-refractivity contribution is 9.10. The molecule has 0 aromatic heterocycles. The van der Waals surface area contributed by atoms with Crippen LogP contribution in [-0.2, 0) is 4.74 Å². The lowest BCUT2D eigenvalue weighted by Crippen LogP contribution is -2.39. The number of hydrogen-bond donors (Lipinski definition) is 1. The summed E-state index contributed by atoms with van der Waals surface area (Å²) in [5.74, 6) is 0.472. The lowest BCUT2D eigenvalue weighted by Gasteiger charge is -2.27. The summed E-state index contributed by atoms with van der Waals surface area (Å²) in [5, 5.41) is 3.62. The van der Waals surface area contributed by atoms with Crippen molar-refractivity contribution < 1.29 is 4.74 Å². The Hall–Kier alpha value is -0.380. The Morgan fingerprint density at radius 2 is 1.62 bits per heavy atom. The van der Waals surface area contributed by atoms with Crippen molar-refractivity contribution in [3.63, 3.8) is 0 Å². The van der Waals surface area contributed by atoms with Crippen LogP contribution < -0.4 is 5.32 Å². The lowest BCUT2D eigenvalue weighted by atomic mass is 9.94. The zero-order valence-electron chi connectivity index (χ0n) is 14.3. The molecular weight excluding hydrogens is 326 g/mol. The van der Waals surface area contributed by atoms with E-state index in [1.807, 2.05) is 0 Å². The predicted molar refractivity (Wildman–Crippen MR) is 95.0 cm³/mol. The van der Waals surface area contributed by atoms with Gasteiger partial charge in [-0.15, -0.1) is 0 Å². The van der Waals surface area contributed by atoms with Gasteiger partial charge in [0.25, 0.3) is 0 Å². The minimum Gasteiger partial charge on any atom is -0.376 e. The fourth-order valence-electron chi connectivity index (χ4n) is 2.06. The topological polar surface area (TPSA) is 21.3 Å². The van der Waals surface area contributed by atoms with Crippen LogP contribution in [0.3, 0.4) is 0 Å². The molecule has 0 radical (unpaired) electrons. The Balaban J connectivity index is 2.67. The minimum atomic E-state index is -0.0677. The van der Waals surface area contributed by atoms with Gasteiger partial charge in [0.15, 0.2) is 0 Å². The number of rotatable bonds is 6. The van der Waals surface area contributed by atoms with Crippen molar-refractivity contribution in [1.82, 2.24) is 5.32 Å². The second-order valence-corrected chi connectivity index (χ2v) is 8.54. The zero-order chi connectivity index (χ0) is 16.1. The molecule has 1 rings (SSSR count). The average molecular weight is 356 g/mol. The van der Waals surface area contributed by atoms with E-state index in [1.165, 1.54) is 5.56 Å². The van der Waals surface area contributed by atoms with E-state index in [0.29, 0.717) is 5.92 Å². The van der Waals surface area contributed by atoms with Crippen LogP contribution in [0.25, 0.3) is 0 Å². The third-order valence-corrected chi connectivity index (χ3v) is 3.75. The summed E-state index contributed by atoms with van der Waals surface area (Å²) in [5.41, 5.74) is 1.44. The Bertz CT molecular complexity index is 414. The van der Waals surface area contributed by atoms with Gasteiger partial charge in [-0.25, -0.2) is 0 Å². The van der Waals surface area contributed by atoms with Crippen molar-refractivity contribution in [3.8, 4) is 0 Å². The van der Waals surface area contributed by atoms with Crippen molar-refractivity contribution in [3.05, 3.63) is 34.3 Å². The predicted octanol–water partition coefficient (Wildman–Crippen LogP) is 5.13. The Morgan fingerprint density at radius 3 is 2.10 bits per heavy atom. The average Bonchev–Trinajstić information content (AvgIpc) is 2.32. The standard InChI is InChI=1S/C18H30BrNO/c1-17(2,3)20-13-15(11-12-21-18(4,5)6)14-7-9-16(19)10-8-14/h7-10,15,20H,11-13H2,1-6H3. The summed E-state index contributed by atoms with van der Waals surface area (Å²) in [6, 6.07) is 8.64. The van der Waals surface area contributed by atoms with Crippen LogP contribution in [0.1, 0.15) is 59.4 Å². The summed E-state index contributed by atoms with van der Waals surface area (Å²) < 4.78 is 7.02. The van der Waals surface area contributed by atoms with E-state index in [4.69, 9.17) is 4.74 Å². The smallest absolute Gasteiger partial charge is 0.0598 e. The largest absolute Gasteiger partial charge is 0.376 e. The van der Waals surface area contributed by atoms with E-state index in [0.717, 1.165) is 24.0 Å². The van der Waals surface area contributed by atoms with Gasteiger partial charge < -0.3 is 10.1 Å². The van der Waals surface area contributed by atoms with Gasteiger partial charge in [0, 0.05) is 23.2 Å². The van der Waals surface area contributed by atoms with Crippen molar-refractivity contribution in [2.24, 2.45) is 0 Å². The van der Waals surface area contributed by atoms with Crippen molar-refractivity contribution in [1.29, 1.82) is 0 Å². The molecule has 0 aliphatic rings. The molecule has 21 heavy (non-hydrogen) atoms. The van der Waals surface area contributed by atoms with Crippen LogP contribution in [0.15, 0.2) is 28.7 Å². The number of benzene rings is 1. The van der Waals surface area contributed by atoms with Crippen molar-refractivity contribution >= 4 is 15.9 Å². The summed E-state index contributed by atoms with van der Waals surface area (Å²) in [7, 11) is 0. The van der Waals surface area contributed by atoms with Crippen LogP contribution in [-0.4, -0.2) is 24.3 Å². The highest BCUT2D eigenvalue weighted by atomic mass is 79.9. The second kappa shape index (κ2) is 7.75. The third kappa shape index (κ3) is 8.60. The Kier molecular flexibility index (Phi) is 6.89. The number of halogens is 1. The van der Waals surface area contributed by atoms with E-state index in [2.05, 4.69) is 87.1 Å². The quantitative estimate of drug-likeness (QED) is 0.763. The van der Waals surface area contributed by atoms with Gasteiger partial charge in [-0.3, -0.25) is 0 Å². The maximum absolute atomic E-state index is 5.90. The van der Waals surface area contributed by atoms with Crippen LogP contribution >= 0.6 is 15.9 Å². The summed E-state index contributed by atoms with van der Waals surface area (Å²) in [6.07, 6.45) is 1.03. The van der Waals surface area contributed by atoms with Crippen LogP contribution in [0.4, 0.5) is 0 Å². The van der Waals surface area contributed by atoms with Gasteiger partial charge in [-0.2, -0.15) is 0 Å². The molecule has 0 fully saturated rings. The molecule has 1 N–H and O–H groups in total. The van der Waals surface area contributed by atoms with Crippen LogP contribution in [0.2, 0.25) is 0 Å².